The molecule has 2 aromatic rings. The van der Waals surface area contributed by atoms with Gasteiger partial charge in [-0.2, -0.15) is 4.72 Å². The molecule has 0 saturated heterocycles. The van der Waals surface area contributed by atoms with E-state index in [9.17, 15) is 17.9 Å². The molecule has 0 bridgehead atoms. The van der Waals surface area contributed by atoms with Gasteiger partial charge in [-0.05, 0) is 18.2 Å². The summed E-state index contributed by atoms with van der Waals surface area (Å²) in [7, 11) is -8.24. The first-order valence-corrected chi connectivity index (χ1v) is 9.06. The van der Waals surface area contributed by atoms with E-state index in [0.717, 1.165) is 6.26 Å². The SMILES string of the molecule is O=P(O)(CNS(=O)(=O)c1ccoc1)Oc1cccnc1Cl. The van der Waals surface area contributed by atoms with Crippen LogP contribution in [0.2, 0.25) is 5.15 Å². The second-order valence-corrected chi connectivity index (χ2v) is 7.68. The number of halogens is 1. The summed E-state index contributed by atoms with van der Waals surface area (Å²) < 4.78 is 46.8. The summed E-state index contributed by atoms with van der Waals surface area (Å²) in [5, 5.41) is -0.107. The molecule has 2 N–H and O–H groups in total. The minimum atomic E-state index is -4.28. The highest BCUT2D eigenvalue weighted by Crippen LogP contribution is 2.43. The summed E-state index contributed by atoms with van der Waals surface area (Å²) in [5.74, 6) is -0.118. The van der Waals surface area contributed by atoms with Crippen molar-refractivity contribution in [1.82, 2.24) is 9.71 Å². The maximum absolute atomic E-state index is 11.8. The number of rotatable bonds is 6. The Balaban J connectivity index is 2.05. The zero-order valence-corrected chi connectivity index (χ0v) is 12.8. The molecule has 114 valence electrons. The van der Waals surface area contributed by atoms with Gasteiger partial charge in [-0.3, -0.25) is 0 Å². The minimum Gasteiger partial charge on any atom is -0.471 e. The Kier molecular flexibility index (Phi) is 4.70. The van der Waals surface area contributed by atoms with Gasteiger partial charge in [-0.15, -0.1) is 0 Å². The normalized spacial score (nSPS) is 14.6. The lowest BCUT2D eigenvalue weighted by Crippen LogP contribution is -2.25. The molecule has 0 aliphatic heterocycles. The van der Waals surface area contributed by atoms with Crippen LogP contribution in [-0.4, -0.2) is 24.6 Å². The first kappa shape index (κ1) is 16.0. The van der Waals surface area contributed by atoms with E-state index in [1.54, 1.807) is 0 Å². The average Bonchev–Trinajstić information content (AvgIpc) is 2.94. The molecule has 8 nitrogen and oxygen atoms in total. The lowest BCUT2D eigenvalue weighted by Gasteiger charge is -2.14. The molecule has 0 aromatic carbocycles. The van der Waals surface area contributed by atoms with Gasteiger partial charge >= 0.3 is 7.60 Å². The van der Waals surface area contributed by atoms with Gasteiger partial charge < -0.3 is 13.8 Å². The van der Waals surface area contributed by atoms with Crippen molar-refractivity contribution >= 4 is 29.2 Å². The number of hydrogen-bond donors (Lipinski definition) is 2. The molecule has 1 atom stereocenters. The fraction of sp³-hybridized carbons (Fsp3) is 0.100. The number of hydrogen-bond acceptors (Lipinski definition) is 6. The molecule has 0 saturated carbocycles. The fourth-order valence-electron chi connectivity index (χ4n) is 1.28. The average molecular weight is 353 g/mol. The van der Waals surface area contributed by atoms with Crippen LogP contribution in [0.5, 0.6) is 5.75 Å². The van der Waals surface area contributed by atoms with Gasteiger partial charge in [0.25, 0.3) is 0 Å². The Labute approximate surface area is 125 Å². The van der Waals surface area contributed by atoms with Crippen LogP contribution in [-0.2, 0) is 14.6 Å². The molecule has 0 amide bonds. The largest absolute Gasteiger partial charge is 0.471 e. The highest BCUT2D eigenvalue weighted by atomic mass is 35.5. The molecule has 0 aliphatic carbocycles. The first-order chi connectivity index (χ1) is 9.80. The van der Waals surface area contributed by atoms with E-state index in [-0.39, 0.29) is 15.8 Å². The number of nitrogens with one attached hydrogen (secondary N) is 1. The van der Waals surface area contributed by atoms with Crippen molar-refractivity contribution in [1.29, 1.82) is 0 Å². The lowest BCUT2D eigenvalue weighted by molar-refractivity contribution is 0.377. The monoisotopic (exact) mass is 352 g/mol. The van der Waals surface area contributed by atoms with Gasteiger partial charge in [-0.1, -0.05) is 11.6 Å². The lowest BCUT2D eigenvalue weighted by atomic mass is 10.5. The molecule has 0 fully saturated rings. The molecule has 2 heterocycles. The van der Waals surface area contributed by atoms with Crippen LogP contribution in [0.4, 0.5) is 0 Å². The van der Waals surface area contributed by atoms with E-state index in [2.05, 4.69) is 9.40 Å². The van der Waals surface area contributed by atoms with Gasteiger partial charge in [0.05, 0.1) is 6.26 Å². The van der Waals surface area contributed by atoms with Crippen LogP contribution >= 0.6 is 19.2 Å². The molecule has 2 rings (SSSR count). The Morgan fingerprint density at radius 3 is 2.86 bits per heavy atom. The Bertz CT molecular complexity index is 764. The predicted octanol–water partition coefficient (Wildman–Crippen LogP) is 1.83. The fourth-order valence-corrected chi connectivity index (χ4v) is 3.93. The van der Waals surface area contributed by atoms with Crippen LogP contribution in [0.25, 0.3) is 0 Å². The quantitative estimate of drug-likeness (QED) is 0.601. The summed E-state index contributed by atoms with van der Waals surface area (Å²) in [4.78, 5) is 13.2. The Hall–Kier alpha value is -1.38. The molecule has 0 aliphatic rings. The standard InChI is InChI=1S/C10H10ClN2O6PS/c11-10-9(2-1-4-12-10)19-20(14,15)7-13-21(16,17)8-3-5-18-6-8/h1-6,13H,7H2,(H,14,15). The highest BCUT2D eigenvalue weighted by molar-refractivity contribution is 7.89. The van der Waals surface area contributed by atoms with Crippen LogP contribution in [0.15, 0.2) is 46.2 Å². The van der Waals surface area contributed by atoms with E-state index in [1.807, 2.05) is 4.72 Å². The molecule has 11 heteroatoms. The van der Waals surface area contributed by atoms with E-state index in [4.69, 9.17) is 16.1 Å². The number of nitrogens with zero attached hydrogens (tertiary/aromatic N) is 1. The van der Waals surface area contributed by atoms with Gasteiger partial charge in [0.1, 0.15) is 17.4 Å². The van der Waals surface area contributed by atoms with Gasteiger partial charge in [0.2, 0.25) is 10.0 Å². The van der Waals surface area contributed by atoms with Crippen LogP contribution in [0.3, 0.4) is 0 Å². The van der Waals surface area contributed by atoms with Crippen molar-refractivity contribution in [3.05, 3.63) is 42.1 Å². The molecular formula is C10H10ClN2O6PS. The number of furan rings is 1. The van der Waals surface area contributed by atoms with Gasteiger partial charge in [-0.25, -0.2) is 18.0 Å². The van der Waals surface area contributed by atoms with Gasteiger partial charge in [0, 0.05) is 6.20 Å². The first-order valence-electron chi connectivity index (χ1n) is 5.44. The third-order valence-corrected chi connectivity index (χ3v) is 5.14. The predicted molar refractivity (Wildman–Crippen MR) is 73.6 cm³/mol. The van der Waals surface area contributed by atoms with Crippen LogP contribution < -0.4 is 9.25 Å². The van der Waals surface area contributed by atoms with Crippen LogP contribution in [0.1, 0.15) is 0 Å². The summed E-state index contributed by atoms with van der Waals surface area (Å²) in [6, 6.07) is 3.99. The third kappa shape index (κ3) is 4.29. The van der Waals surface area contributed by atoms with Crippen LogP contribution in [0, 0.1) is 0 Å². The highest BCUT2D eigenvalue weighted by Gasteiger charge is 2.26. The molecule has 2 aromatic heterocycles. The minimum absolute atomic E-state index is 0.107. The van der Waals surface area contributed by atoms with E-state index < -0.39 is 23.9 Å². The maximum atomic E-state index is 11.8. The second kappa shape index (κ2) is 6.17. The third-order valence-electron chi connectivity index (χ3n) is 2.23. The Morgan fingerprint density at radius 2 is 2.24 bits per heavy atom. The van der Waals surface area contributed by atoms with E-state index in [0.29, 0.717) is 0 Å². The van der Waals surface area contributed by atoms with Gasteiger partial charge in [0.15, 0.2) is 10.9 Å². The van der Waals surface area contributed by atoms with Crippen molar-refractivity contribution < 1.29 is 26.8 Å². The van der Waals surface area contributed by atoms with Crippen molar-refractivity contribution in [3.8, 4) is 5.75 Å². The summed E-state index contributed by atoms with van der Waals surface area (Å²) in [6.07, 6.45) is 2.70. The molecule has 21 heavy (non-hydrogen) atoms. The molecular weight excluding hydrogens is 343 g/mol. The number of pyridine rings is 1. The topological polar surface area (TPSA) is 119 Å². The molecule has 0 radical (unpaired) electrons. The second-order valence-electron chi connectivity index (χ2n) is 3.79. The van der Waals surface area contributed by atoms with Crippen molar-refractivity contribution in [3.63, 3.8) is 0 Å². The van der Waals surface area contributed by atoms with Crippen molar-refractivity contribution in [2.75, 3.05) is 6.29 Å². The number of sulfonamides is 1. The zero-order chi connectivity index (χ0) is 15.5. The zero-order valence-electron chi connectivity index (χ0n) is 10.3. The molecule has 1 unspecified atom stereocenters. The van der Waals surface area contributed by atoms with E-state index in [1.165, 1.54) is 30.7 Å². The van der Waals surface area contributed by atoms with Crippen molar-refractivity contribution in [2.45, 2.75) is 4.90 Å². The summed E-state index contributed by atoms with van der Waals surface area (Å²) in [6.45, 7) is 0. The number of aromatic nitrogens is 1. The van der Waals surface area contributed by atoms with Crippen molar-refractivity contribution in [2.24, 2.45) is 0 Å². The van der Waals surface area contributed by atoms with E-state index >= 15 is 0 Å². The summed E-state index contributed by atoms with van der Waals surface area (Å²) >= 11 is 5.68. The summed E-state index contributed by atoms with van der Waals surface area (Å²) in [5.41, 5.74) is 0. The molecule has 0 spiro atoms. The smallest absolute Gasteiger partial charge is 0.391 e. The Morgan fingerprint density at radius 1 is 1.48 bits per heavy atom. The maximum Gasteiger partial charge on any atom is 0.391 e.